The lowest BCUT2D eigenvalue weighted by Gasteiger charge is -2.05. The Bertz CT molecular complexity index is 739. The maximum atomic E-state index is 11.9. The zero-order chi connectivity index (χ0) is 14.7. The maximum absolute atomic E-state index is 11.9. The first-order valence-electron chi connectivity index (χ1n) is 5.99. The molecular formula is C13H9ClN6O. The van der Waals surface area contributed by atoms with E-state index in [0.717, 1.165) is 0 Å². The summed E-state index contributed by atoms with van der Waals surface area (Å²) in [6.45, 7) is 0. The fourth-order valence-electron chi connectivity index (χ4n) is 1.63. The van der Waals surface area contributed by atoms with Gasteiger partial charge in [-0.2, -0.15) is 5.10 Å². The van der Waals surface area contributed by atoms with Crippen LogP contribution in [0.4, 0.5) is 5.69 Å². The van der Waals surface area contributed by atoms with Gasteiger partial charge in [-0.1, -0.05) is 11.6 Å². The van der Waals surface area contributed by atoms with Crippen LogP contribution in [0.25, 0.3) is 5.82 Å². The van der Waals surface area contributed by atoms with Gasteiger partial charge in [0.1, 0.15) is 0 Å². The number of amides is 1. The Hall–Kier alpha value is -2.80. The van der Waals surface area contributed by atoms with Crippen molar-refractivity contribution in [1.82, 2.24) is 25.0 Å². The zero-order valence-corrected chi connectivity index (χ0v) is 11.4. The number of halogens is 1. The van der Waals surface area contributed by atoms with Crippen LogP contribution in [0.15, 0.2) is 48.9 Å². The minimum absolute atomic E-state index is 0.176. The first-order valence-corrected chi connectivity index (χ1v) is 6.37. The molecule has 3 heterocycles. The molecule has 1 N–H and O–H groups in total. The molecule has 0 atom stereocenters. The first-order chi connectivity index (χ1) is 10.2. The van der Waals surface area contributed by atoms with Crippen LogP contribution in [0.3, 0.4) is 0 Å². The molecule has 0 aromatic carbocycles. The van der Waals surface area contributed by atoms with Gasteiger partial charge < -0.3 is 5.32 Å². The summed E-state index contributed by atoms with van der Waals surface area (Å²) in [5.41, 5.74) is 0.725. The Morgan fingerprint density at radius 3 is 2.71 bits per heavy atom. The third-order valence-corrected chi connectivity index (χ3v) is 2.81. The summed E-state index contributed by atoms with van der Waals surface area (Å²) in [6.07, 6.45) is 4.98. The van der Waals surface area contributed by atoms with E-state index in [9.17, 15) is 4.79 Å². The van der Waals surface area contributed by atoms with Gasteiger partial charge in [-0.05, 0) is 30.3 Å². The Kier molecular flexibility index (Phi) is 3.57. The molecule has 0 radical (unpaired) electrons. The second-order valence-electron chi connectivity index (χ2n) is 4.05. The smallest absolute Gasteiger partial charge is 0.276 e. The van der Waals surface area contributed by atoms with Gasteiger partial charge in [-0.3, -0.25) is 4.79 Å². The van der Waals surface area contributed by atoms with Crippen molar-refractivity contribution < 1.29 is 4.79 Å². The Morgan fingerprint density at radius 1 is 1.19 bits per heavy atom. The van der Waals surface area contributed by atoms with Crippen LogP contribution >= 0.6 is 11.6 Å². The number of carbonyl (C=O) groups excluding carboxylic acids is 1. The molecule has 0 saturated heterocycles. The van der Waals surface area contributed by atoms with Crippen LogP contribution in [0.5, 0.6) is 0 Å². The van der Waals surface area contributed by atoms with E-state index in [0.29, 0.717) is 11.5 Å². The van der Waals surface area contributed by atoms with Crippen LogP contribution in [0, 0.1) is 0 Å². The molecule has 3 aromatic rings. The lowest BCUT2D eigenvalue weighted by atomic mass is 10.3. The monoisotopic (exact) mass is 300 g/mol. The van der Waals surface area contributed by atoms with Crippen molar-refractivity contribution in [2.45, 2.75) is 0 Å². The van der Waals surface area contributed by atoms with Gasteiger partial charge in [0.05, 0.1) is 11.9 Å². The van der Waals surface area contributed by atoms with Gasteiger partial charge >= 0.3 is 0 Å². The van der Waals surface area contributed by atoms with Crippen molar-refractivity contribution in [3.05, 3.63) is 59.8 Å². The molecule has 0 aliphatic rings. The number of pyridine rings is 1. The topological polar surface area (TPSA) is 85.6 Å². The predicted molar refractivity (Wildman–Crippen MR) is 76.4 cm³/mol. The average molecular weight is 301 g/mol. The van der Waals surface area contributed by atoms with Crippen molar-refractivity contribution in [3.63, 3.8) is 0 Å². The second-order valence-corrected chi connectivity index (χ2v) is 4.44. The second kappa shape index (κ2) is 5.68. The van der Waals surface area contributed by atoms with E-state index in [1.165, 1.54) is 18.3 Å². The molecule has 1 amide bonds. The predicted octanol–water partition coefficient (Wildman–Crippen LogP) is 1.96. The van der Waals surface area contributed by atoms with Gasteiger partial charge in [-0.25, -0.2) is 9.67 Å². The Morgan fingerprint density at radius 2 is 2.10 bits per heavy atom. The molecule has 0 bridgehead atoms. The summed E-state index contributed by atoms with van der Waals surface area (Å²) in [6, 6.07) is 8.27. The number of nitrogens with one attached hydrogen (secondary N) is 1. The zero-order valence-electron chi connectivity index (χ0n) is 10.6. The van der Waals surface area contributed by atoms with Gasteiger partial charge in [-0.15, -0.1) is 10.2 Å². The average Bonchev–Trinajstić information content (AvgIpc) is 3.03. The minimum Gasteiger partial charge on any atom is -0.319 e. The molecular weight excluding hydrogens is 292 g/mol. The quantitative estimate of drug-likeness (QED) is 0.799. The van der Waals surface area contributed by atoms with Crippen LogP contribution in [0.1, 0.15) is 10.5 Å². The van der Waals surface area contributed by atoms with Gasteiger partial charge in [0, 0.05) is 12.4 Å². The Balaban J connectivity index is 1.73. The van der Waals surface area contributed by atoms with E-state index in [-0.39, 0.29) is 16.8 Å². The molecule has 0 saturated carbocycles. The van der Waals surface area contributed by atoms with E-state index in [1.54, 1.807) is 35.3 Å². The fraction of sp³-hybridized carbons (Fsp3) is 0. The largest absolute Gasteiger partial charge is 0.319 e. The molecule has 7 nitrogen and oxygen atoms in total. The summed E-state index contributed by atoms with van der Waals surface area (Å²) in [4.78, 5) is 16.1. The van der Waals surface area contributed by atoms with Crippen LogP contribution < -0.4 is 5.32 Å². The van der Waals surface area contributed by atoms with E-state index < -0.39 is 0 Å². The highest BCUT2D eigenvalue weighted by Crippen LogP contribution is 2.10. The summed E-state index contributed by atoms with van der Waals surface area (Å²) in [5, 5.41) is 14.3. The highest BCUT2D eigenvalue weighted by molar-refractivity contribution is 6.29. The molecule has 0 aliphatic carbocycles. The molecule has 0 aliphatic heterocycles. The summed E-state index contributed by atoms with van der Waals surface area (Å²) < 4.78 is 1.62. The van der Waals surface area contributed by atoms with E-state index >= 15 is 0 Å². The van der Waals surface area contributed by atoms with E-state index in [4.69, 9.17) is 11.6 Å². The molecule has 8 heteroatoms. The normalized spacial score (nSPS) is 10.3. The third-order valence-electron chi connectivity index (χ3n) is 2.61. The number of carbonyl (C=O) groups is 1. The standard InChI is InChI=1S/C13H9ClN6O/c14-11-4-3-10(18-19-11)13(21)17-9-2-5-12(15-8-9)20-7-1-6-16-20/h1-8H,(H,17,21). The fourth-order valence-corrected chi connectivity index (χ4v) is 1.73. The molecule has 104 valence electrons. The van der Waals surface area contributed by atoms with Crippen molar-refractivity contribution in [2.75, 3.05) is 5.32 Å². The van der Waals surface area contributed by atoms with Crippen molar-refractivity contribution in [2.24, 2.45) is 0 Å². The first kappa shape index (κ1) is 13.2. The molecule has 3 aromatic heterocycles. The third kappa shape index (κ3) is 3.03. The molecule has 0 unspecified atom stereocenters. The van der Waals surface area contributed by atoms with Crippen LogP contribution in [0.2, 0.25) is 5.15 Å². The summed E-state index contributed by atoms with van der Waals surface area (Å²) >= 11 is 5.62. The van der Waals surface area contributed by atoms with E-state index in [2.05, 4.69) is 25.6 Å². The van der Waals surface area contributed by atoms with Crippen LogP contribution in [-0.2, 0) is 0 Å². The minimum atomic E-state index is -0.382. The van der Waals surface area contributed by atoms with Gasteiger partial charge in [0.15, 0.2) is 16.7 Å². The van der Waals surface area contributed by atoms with Gasteiger partial charge in [0.25, 0.3) is 5.91 Å². The lowest BCUT2D eigenvalue weighted by molar-refractivity contribution is 0.102. The number of hydrogen-bond acceptors (Lipinski definition) is 5. The van der Waals surface area contributed by atoms with E-state index in [1.807, 2.05) is 0 Å². The number of nitrogens with zero attached hydrogens (tertiary/aromatic N) is 5. The lowest BCUT2D eigenvalue weighted by Crippen LogP contribution is -2.14. The highest BCUT2D eigenvalue weighted by Gasteiger charge is 2.08. The van der Waals surface area contributed by atoms with Crippen molar-refractivity contribution in [3.8, 4) is 5.82 Å². The number of aromatic nitrogens is 5. The summed E-state index contributed by atoms with van der Waals surface area (Å²) in [7, 11) is 0. The molecule has 0 spiro atoms. The maximum Gasteiger partial charge on any atom is 0.276 e. The van der Waals surface area contributed by atoms with Gasteiger partial charge in [0.2, 0.25) is 0 Å². The molecule has 3 rings (SSSR count). The number of rotatable bonds is 3. The SMILES string of the molecule is O=C(Nc1ccc(-n2cccn2)nc1)c1ccc(Cl)nn1. The molecule has 0 fully saturated rings. The number of anilines is 1. The molecule has 21 heavy (non-hydrogen) atoms. The summed E-state index contributed by atoms with van der Waals surface area (Å²) in [5.74, 6) is 0.275. The highest BCUT2D eigenvalue weighted by atomic mass is 35.5. The van der Waals surface area contributed by atoms with Crippen molar-refractivity contribution >= 4 is 23.2 Å². The number of hydrogen-bond donors (Lipinski definition) is 1. The Labute approximate surface area is 124 Å². The van der Waals surface area contributed by atoms with Crippen LogP contribution in [-0.4, -0.2) is 30.9 Å². The van der Waals surface area contributed by atoms with Crippen molar-refractivity contribution in [1.29, 1.82) is 0 Å².